The van der Waals surface area contributed by atoms with Crippen molar-refractivity contribution in [3.05, 3.63) is 0 Å². The Morgan fingerprint density at radius 1 is 1.04 bits per heavy atom. The highest BCUT2D eigenvalue weighted by Crippen LogP contribution is 2.25. The van der Waals surface area contributed by atoms with Crippen LogP contribution in [0.5, 0.6) is 0 Å². The molecule has 3 atom stereocenters. The van der Waals surface area contributed by atoms with Gasteiger partial charge >= 0.3 is 0 Å². The molecule has 3 saturated heterocycles. The van der Waals surface area contributed by atoms with E-state index < -0.39 is 0 Å². The highest BCUT2D eigenvalue weighted by atomic mass is 35.5. The standard InChI is InChI=1S/C18H33N3O2.2ClH/c1-3-14(4-2)17(20-9-11-23-12-10-20)18(22)21-8-7-15-5-6-16(13-21)19-15;;/h14-17,19H,3-13H2,1-2H3;2*1H. The topological polar surface area (TPSA) is 44.8 Å². The van der Waals surface area contributed by atoms with Gasteiger partial charge in [0.05, 0.1) is 19.3 Å². The number of halogens is 2. The van der Waals surface area contributed by atoms with Crippen LogP contribution >= 0.6 is 24.8 Å². The van der Waals surface area contributed by atoms with E-state index in [1.54, 1.807) is 0 Å². The summed E-state index contributed by atoms with van der Waals surface area (Å²) in [7, 11) is 0. The molecule has 3 rings (SSSR count). The van der Waals surface area contributed by atoms with E-state index >= 15 is 0 Å². The fourth-order valence-corrected chi connectivity index (χ4v) is 4.58. The van der Waals surface area contributed by atoms with E-state index in [-0.39, 0.29) is 30.9 Å². The fraction of sp³-hybridized carbons (Fsp3) is 0.944. The SMILES string of the molecule is CCC(CC)C(C(=O)N1CCC2CCC(C1)N2)N1CCOCC1.Cl.Cl. The van der Waals surface area contributed by atoms with Gasteiger partial charge in [0.2, 0.25) is 5.91 Å². The van der Waals surface area contributed by atoms with Crippen molar-refractivity contribution in [3.63, 3.8) is 0 Å². The van der Waals surface area contributed by atoms with Crippen LogP contribution in [0.1, 0.15) is 46.0 Å². The summed E-state index contributed by atoms with van der Waals surface area (Å²) in [5, 5.41) is 3.69. The number of hydrogen-bond acceptors (Lipinski definition) is 4. The van der Waals surface area contributed by atoms with Crippen LogP contribution < -0.4 is 5.32 Å². The van der Waals surface area contributed by atoms with Crippen LogP contribution in [0, 0.1) is 5.92 Å². The van der Waals surface area contributed by atoms with Crippen LogP contribution in [0.2, 0.25) is 0 Å². The predicted octanol–water partition coefficient (Wildman–Crippen LogP) is 2.32. The maximum Gasteiger partial charge on any atom is 0.240 e. The lowest BCUT2D eigenvalue weighted by molar-refractivity contribution is -0.141. The van der Waals surface area contributed by atoms with Crippen molar-refractivity contribution in [2.75, 3.05) is 39.4 Å². The third kappa shape index (κ3) is 5.46. The number of nitrogens with zero attached hydrogens (tertiary/aromatic N) is 2. The van der Waals surface area contributed by atoms with Crippen molar-refractivity contribution in [1.82, 2.24) is 15.1 Å². The molecule has 7 heteroatoms. The van der Waals surface area contributed by atoms with Crippen LogP contribution in [-0.2, 0) is 9.53 Å². The Morgan fingerprint density at radius 3 is 2.32 bits per heavy atom. The lowest BCUT2D eigenvalue weighted by atomic mass is 9.91. The van der Waals surface area contributed by atoms with Crippen molar-refractivity contribution in [2.45, 2.75) is 64.1 Å². The van der Waals surface area contributed by atoms with Crippen LogP contribution in [0.25, 0.3) is 0 Å². The fourth-order valence-electron chi connectivity index (χ4n) is 4.58. The zero-order valence-corrected chi connectivity index (χ0v) is 17.2. The number of amides is 1. The second-order valence-corrected chi connectivity index (χ2v) is 7.38. The summed E-state index contributed by atoms with van der Waals surface area (Å²) in [6.07, 6.45) is 5.76. The molecule has 148 valence electrons. The predicted molar refractivity (Wildman–Crippen MR) is 106 cm³/mol. The van der Waals surface area contributed by atoms with E-state index in [0.29, 0.717) is 23.9 Å². The molecule has 3 unspecified atom stereocenters. The average Bonchev–Trinajstić information content (AvgIpc) is 2.91. The Bertz CT molecular complexity index is 404. The number of morpholine rings is 1. The van der Waals surface area contributed by atoms with E-state index in [9.17, 15) is 4.79 Å². The zero-order valence-electron chi connectivity index (χ0n) is 15.6. The third-order valence-electron chi connectivity index (χ3n) is 6.02. The second kappa shape index (κ2) is 10.9. The number of likely N-dealkylation sites (tertiary alicyclic amines) is 1. The zero-order chi connectivity index (χ0) is 16.2. The first-order valence-corrected chi connectivity index (χ1v) is 9.59. The lowest BCUT2D eigenvalue weighted by Crippen LogP contribution is -2.56. The highest BCUT2D eigenvalue weighted by Gasteiger charge is 2.38. The average molecular weight is 396 g/mol. The van der Waals surface area contributed by atoms with Crippen molar-refractivity contribution in [3.8, 4) is 0 Å². The second-order valence-electron chi connectivity index (χ2n) is 7.38. The first kappa shape index (κ1) is 23.0. The van der Waals surface area contributed by atoms with E-state index in [2.05, 4.69) is 29.0 Å². The largest absolute Gasteiger partial charge is 0.379 e. The van der Waals surface area contributed by atoms with E-state index in [1.165, 1.54) is 12.8 Å². The molecule has 1 amide bonds. The van der Waals surface area contributed by atoms with Crippen LogP contribution in [0.15, 0.2) is 0 Å². The highest BCUT2D eigenvalue weighted by molar-refractivity contribution is 5.85. The summed E-state index contributed by atoms with van der Waals surface area (Å²) in [4.78, 5) is 18.0. The molecule has 1 N–H and O–H groups in total. The number of carbonyl (C=O) groups is 1. The number of hydrogen-bond donors (Lipinski definition) is 1. The molecule has 0 aromatic carbocycles. The number of rotatable bonds is 5. The van der Waals surface area contributed by atoms with Crippen molar-refractivity contribution in [2.24, 2.45) is 5.92 Å². The van der Waals surface area contributed by atoms with Crippen LogP contribution in [0.3, 0.4) is 0 Å². The van der Waals surface area contributed by atoms with Gasteiger partial charge in [-0.3, -0.25) is 9.69 Å². The molecule has 2 bridgehead atoms. The van der Waals surface area contributed by atoms with Gasteiger partial charge in [-0.05, 0) is 25.2 Å². The molecule has 3 aliphatic heterocycles. The Morgan fingerprint density at radius 2 is 1.68 bits per heavy atom. The number of carbonyl (C=O) groups excluding carboxylic acids is 1. The van der Waals surface area contributed by atoms with Crippen LogP contribution in [-0.4, -0.2) is 73.2 Å². The van der Waals surface area contributed by atoms with Gasteiger partial charge in [-0.25, -0.2) is 0 Å². The summed E-state index contributed by atoms with van der Waals surface area (Å²) >= 11 is 0. The summed E-state index contributed by atoms with van der Waals surface area (Å²) in [5.74, 6) is 0.823. The molecule has 3 fully saturated rings. The van der Waals surface area contributed by atoms with Crippen LogP contribution in [0.4, 0.5) is 0 Å². The van der Waals surface area contributed by atoms with Gasteiger partial charge in [-0.15, -0.1) is 24.8 Å². The molecule has 5 nitrogen and oxygen atoms in total. The van der Waals surface area contributed by atoms with E-state index in [4.69, 9.17) is 4.74 Å². The van der Waals surface area contributed by atoms with Gasteiger partial charge in [-0.1, -0.05) is 26.7 Å². The molecule has 3 aliphatic rings. The minimum Gasteiger partial charge on any atom is -0.379 e. The molecule has 0 aliphatic carbocycles. The Kier molecular flexibility index (Phi) is 10.0. The molecular weight excluding hydrogens is 361 g/mol. The maximum absolute atomic E-state index is 13.4. The maximum atomic E-state index is 13.4. The number of nitrogens with one attached hydrogen (secondary N) is 1. The monoisotopic (exact) mass is 395 g/mol. The number of fused-ring (bicyclic) bond motifs is 2. The lowest BCUT2D eigenvalue weighted by Gasteiger charge is -2.40. The summed E-state index contributed by atoms with van der Waals surface area (Å²) in [5.41, 5.74) is 0. The Hall–Kier alpha value is -0.0700. The van der Waals surface area contributed by atoms with Gasteiger partial charge in [0.15, 0.2) is 0 Å². The molecule has 0 spiro atoms. The molecule has 0 saturated carbocycles. The summed E-state index contributed by atoms with van der Waals surface area (Å²) in [6, 6.07) is 1.19. The molecule has 0 aromatic heterocycles. The quantitative estimate of drug-likeness (QED) is 0.775. The van der Waals surface area contributed by atoms with Gasteiger partial charge < -0.3 is 15.0 Å². The van der Waals surface area contributed by atoms with Gasteiger partial charge in [-0.2, -0.15) is 0 Å². The van der Waals surface area contributed by atoms with Gasteiger partial charge in [0.25, 0.3) is 0 Å². The molecule has 0 aromatic rings. The molecular formula is C18H35Cl2N3O2. The normalized spacial score (nSPS) is 28.0. The first-order chi connectivity index (χ1) is 11.2. The van der Waals surface area contributed by atoms with Crippen molar-refractivity contribution >= 4 is 30.7 Å². The minimum atomic E-state index is 0. The van der Waals surface area contributed by atoms with Gasteiger partial charge in [0, 0.05) is 38.3 Å². The van der Waals surface area contributed by atoms with Gasteiger partial charge in [0.1, 0.15) is 0 Å². The minimum absolute atomic E-state index is 0. The van der Waals surface area contributed by atoms with E-state index in [0.717, 1.165) is 58.7 Å². The third-order valence-corrected chi connectivity index (χ3v) is 6.02. The first-order valence-electron chi connectivity index (χ1n) is 9.59. The van der Waals surface area contributed by atoms with E-state index in [1.807, 2.05) is 0 Å². The summed E-state index contributed by atoms with van der Waals surface area (Å²) in [6.45, 7) is 9.58. The number of ether oxygens (including phenoxy) is 1. The Labute approximate surface area is 165 Å². The summed E-state index contributed by atoms with van der Waals surface area (Å²) < 4.78 is 5.51. The smallest absolute Gasteiger partial charge is 0.240 e. The Balaban J connectivity index is 0.00000156. The molecule has 25 heavy (non-hydrogen) atoms. The van der Waals surface area contributed by atoms with Crippen molar-refractivity contribution in [1.29, 1.82) is 0 Å². The van der Waals surface area contributed by atoms with Crippen molar-refractivity contribution < 1.29 is 9.53 Å². The molecule has 3 heterocycles. The molecule has 0 radical (unpaired) electrons.